The minimum atomic E-state index is 0. The highest BCUT2D eigenvalue weighted by Gasteiger charge is 2.11. The zero-order chi connectivity index (χ0) is 9.03. The molecule has 0 radical (unpaired) electrons. The average molecular weight is 201 g/mol. The largest absolute Gasteiger partial charge is 1.00 e. The molecule has 1 rings (SSSR count). The van der Waals surface area contributed by atoms with Gasteiger partial charge in [-0.05, 0) is 0 Å². The summed E-state index contributed by atoms with van der Waals surface area (Å²) in [5.41, 5.74) is 6.97. The lowest BCUT2D eigenvalue weighted by Crippen LogP contribution is -3.00. The molecule has 13 heavy (non-hydrogen) atoms. The molecule has 0 bridgehead atoms. The van der Waals surface area contributed by atoms with Gasteiger partial charge in [0.05, 0.1) is 14.1 Å². The molecule has 0 atom stereocenters. The van der Waals surface area contributed by atoms with Gasteiger partial charge in [0.1, 0.15) is 13.2 Å². The molecule has 2 nitrogen and oxygen atoms in total. The van der Waals surface area contributed by atoms with Gasteiger partial charge >= 0.3 is 0 Å². The van der Waals surface area contributed by atoms with E-state index in [1.807, 2.05) is 6.07 Å². The number of nitrogens with two attached hydrogens (primary N) is 1. The van der Waals surface area contributed by atoms with Gasteiger partial charge in [0.25, 0.3) is 0 Å². The van der Waals surface area contributed by atoms with Crippen LogP contribution >= 0.6 is 0 Å². The number of quaternary nitrogens is 1. The van der Waals surface area contributed by atoms with E-state index in [0.29, 0.717) is 6.67 Å². The Labute approximate surface area is 86.4 Å². The molecule has 74 valence electrons. The van der Waals surface area contributed by atoms with Crippen molar-refractivity contribution in [2.75, 3.05) is 20.8 Å². The van der Waals surface area contributed by atoms with E-state index in [2.05, 4.69) is 38.4 Å². The molecule has 2 N–H and O–H groups in total. The molecule has 0 aliphatic rings. The van der Waals surface area contributed by atoms with Crippen LogP contribution in [-0.2, 0) is 6.54 Å². The van der Waals surface area contributed by atoms with Gasteiger partial charge in [-0.25, -0.2) is 0 Å². The Kier molecular flexibility index (Phi) is 4.99. The minimum Gasteiger partial charge on any atom is -1.00 e. The second kappa shape index (κ2) is 5.22. The van der Waals surface area contributed by atoms with E-state index in [0.717, 1.165) is 11.0 Å². The average Bonchev–Trinajstić information content (AvgIpc) is 2.06. The first-order chi connectivity index (χ1) is 5.64. The maximum absolute atomic E-state index is 5.63. The summed E-state index contributed by atoms with van der Waals surface area (Å²) in [6.07, 6.45) is 0. The first-order valence-corrected chi connectivity index (χ1v) is 4.20. The van der Waals surface area contributed by atoms with Crippen molar-refractivity contribution < 1.29 is 16.9 Å². The third-order valence-corrected chi connectivity index (χ3v) is 1.95. The third-order valence-electron chi connectivity index (χ3n) is 1.95. The zero-order valence-electron chi connectivity index (χ0n) is 8.20. The van der Waals surface area contributed by atoms with Crippen molar-refractivity contribution in [3.63, 3.8) is 0 Å². The van der Waals surface area contributed by atoms with Gasteiger partial charge in [0.2, 0.25) is 0 Å². The third kappa shape index (κ3) is 4.27. The highest BCUT2D eigenvalue weighted by molar-refractivity contribution is 5.13. The van der Waals surface area contributed by atoms with E-state index in [9.17, 15) is 0 Å². The van der Waals surface area contributed by atoms with E-state index in [1.165, 1.54) is 5.56 Å². The SMILES string of the molecule is C[N+](C)(CN)Cc1ccccc1.[Cl-]. The van der Waals surface area contributed by atoms with Crippen molar-refractivity contribution in [1.29, 1.82) is 0 Å². The van der Waals surface area contributed by atoms with Crippen LogP contribution in [0.4, 0.5) is 0 Å². The number of hydrogen-bond acceptors (Lipinski definition) is 1. The zero-order valence-corrected chi connectivity index (χ0v) is 8.96. The Morgan fingerprint density at radius 1 is 1.15 bits per heavy atom. The van der Waals surface area contributed by atoms with Crippen LogP contribution in [0.2, 0.25) is 0 Å². The molecule has 0 unspecified atom stereocenters. The number of nitrogens with zero attached hydrogens (tertiary/aromatic N) is 1. The van der Waals surface area contributed by atoms with E-state index in [4.69, 9.17) is 5.73 Å². The maximum Gasteiger partial charge on any atom is 0.129 e. The molecule has 0 heterocycles. The molecule has 0 saturated heterocycles. The molecule has 0 aliphatic heterocycles. The number of benzene rings is 1. The van der Waals surface area contributed by atoms with E-state index < -0.39 is 0 Å². The number of rotatable bonds is 3. The highest BCUT2D eigenvalue weighted by atomic mass is 35.5. The fraction of sp³-hybridized carbons (Fsp3) is 0.400. The van der Waals surface area contributed by atoms with Crippen LogP contribution in [0.25, 0.3) is 0 Å². The molecular weight excluding hydrogens is 184 g/mol. The van der Waals surface area contributed by atoms with Gasteiger partial charge in [0.15, 0.2) is 0 Å². The molecule has 0 amide bonds. The maximum atomic E-state index is 5.63. The second-order valence-corrected chi connectivity index (χ2v) is 3.76. The Bertz CT molecular complexity index is 234. The summed E-state index contributed by atoms with van der Waals surface area (Å²) in [6.45, 7) is 1.67. The summed E-state index contributed by atoms with van der Waals surface area (Å²) < 4.78 is 0.837. The lowest BCUT2D eigenvalue weighted by atomic mass is 10.2. The summed E-state index contributed by atoms with van der Waals surface area (Å²) in [6, 6.07) is 10.4. The van der Waals surface area contributed by atoms with Gasteiger partial charge in [-0.3, -0.25) is 5.73 Å². The van der Waals surface area contributed by atoms with Crippen LogP contribution in [0.5, 0.6) is 0 Å². The summed E-state index contributed by atoms with van der Waals surface area (Å²) in [7, 11) is 4.26. The molecule has 0 aromatic heterocycles. The topological polar surface area (TPSA) is 26.0 Å². The van der Waals surface area contributed by atoms with Crippen molar-refractivity contribution in [2.45, 2.75) is 6.54 Å². The van der Waals surface area contributed by atoms with Crippen molar-refractivity contribution in [1.82, 2.24) is 0 Å². The van der Waals surface area contributed by atoms with Crippen LogP contribution in [0.1, 0.15) is 5.56 Å². The molecule has 1 aromatic carbocycles. The van der Waals surface area contributed by atoms with E-state index in [-0.39, 0.29) is 12.4 Å². The van der Waals surface area contributed by atoms with Crippen LogP contribution in [0.3, 0.4) is 0 Å². The summed E-state index contributed by atoms with van der Waals surface area (Å²) in [5, 5.41) is 0. The van der Waals surface area contributed by atoms with Crippen molar-refractivity contribution in [3.05, 3.63) is 35.9 Å². The smallest absolute Gasteiger partial charge is 0.129 e. The van der Waals surface area contributed by atoms with Crippen LogP contribution in [0, 0.1) is 0 Å². The fourth-order valence-corrected chi connectivity index (χ4v) is 1.14. The summed E-state index contributed by atoms with van der Waals surface area (Å²) >= 11 is 0. The predicted octanol–water partition coefficient (Wildman–Crippen LogP) is -1.82. The van der Waals surface area contributed by atoms with Gasteiger partial charge < -0.3 is 16.9 Å². The van der Waals surface area contributed by atoms with Gasteiger partial charge in [-0.15, -0.1) is 0 Å². The van der Waals surface area contributed by atoms with E-state index in [1.54, 1.807) is 0 Å². The second-order valence-electron chi connectivity index (χ2n) is 3.76. The standard InChI is InChI=1S/C10H17N2.ClH/c1-12(2,9-11)8-10-6-4-3-5-7-10;/h3-7H,8-9,11H2,1-2H3;1H/q+1;/p-1. The monoisotopic (exact) mass is 200 g/mol. The lowest BCUT2D eigenvalue weighted by molar-refractivity contribution is -0.903. The summed E-state index contributed by atoms with van der Waals surface area (Å²) in [4.78, 5) is 0. The fourth-order valence-electron chi connectivity index (χ4n) is 1.14. The van der Waals surface area contributed by atoms with Crippen molar-refractivity contribution in [3.8, 4) is 0 Å². The molecule has 0 fully saturated rings. The highest BCUT2D eigenvalue weighted by Crippen LogP contribution is 2.06. The van der Waals surface area contributed by atoms with Gasteiger partial charge in [-0.2, -0.15) is 0 Å². The Balaban J connectivity index is 0.00000144. The van der Waals surface area contributed by atoms with E-state index >= 15 is 0 Å². The first kappa shape index (κ1) is 12.4. The molecule has 0 aliphatic carbocycles. The quantitative estimate of drug-likeness (QED) is 0.452. The van der Waals surface area contributed by atoms with Gasteiger partial charge in [0, 0.05) is 5.56 Å². The van der Waals surface area contributed by atoms with Crippen molar-refractivity contribution >= 4 is 0 Å². The Morgan fingerprint density at radius 2 is 1.69 bits per heavy atom. The Hall–Kier alpha value is -0.570. The molecule has 0 saturated carbocycles. The molecule has 3 heteroatoms. The molecule has 1 aromatic rings. The Morgan fingerprint density at radius 3 is 2.15 bits per heavy atom. The van der Waals surface area contributed by atoms with Crippen LogP contribution in [0.15, 0.2) is 30.3 Å². The van der Waals surface area contributed by atoms with Crippen LogP contribution < -0.4 is 18.1 Å². The summed E-state index contributed by atoms with van der Waals surface area (Å²) in [5.74, 6) is 0. The normalized spacial score (nSPS) is 10.7. The lowest BCUT2D eigenvalue weighted by Gasteiger charge is -2.27. The van der Waals surface area contributed by atoms with Gasteiger partial charge in [-0.1, -0.05) is 30.3 Å². The first-order valence-electron chi connectivity index (χ1n) is 4.20. The molecular formula is C10H17ClN2. The van der Waals surface area contributed by atoms with Crippen LogP contribution in [-0.4, -0.2) is 25.2 Å². The number of hydrogen-bond donors (Lipinski definition) is 1. The van der Waals surface area contributed by atoms with Crippen molar-refractivity contribution in [2.24, 2.45) is 5.73 Å². The molecule has 0 spiro atoms. The minimum absolute atomic E-state index is 0. The predicted molar refractivity (Wildman–Crippen MR) is 51.3 cm³/mol. The number of halogens is 1.